The number of aryl methyl sites for hydroxylation is 2. The monoisotopic (exact) mass is 696 g/mol. The molecule has 48 heavy (non-hydrogen) atoms. The number of hydrogen-bond donors (Lipinski definition) is 0. The second kappa shape index (κ2) is 15.6. The number of nitrogens with zero attached hydrogens (tertiary/aromatic N) is 8. The van der Waals surface area contributed by atoms with Crippen molar-refractivity contribution in [2.75, 3.05) is 77.2 Å². The Kier molecular flexibility index (Phi) is 11.1. The number of thioether (sulfide) groups is 2. The van der Waals surface area contributed by atoms with Crippen LogP contribution in [0.25, 0.3) is 11.4 Å². The van der Waals surface area contributed by atoms with Crippen LogP contribution >= 0.6 is 23.5 Å². The highest BCUT2D eigenvalue weighted by atomic mass is 32.2. The minimum absolute atomic E-state index is 0.0344. The third-order valence-corrected chi connectivity index (χ3v) is 9.89. The normalized spacial score (nSPS) is 17.1. The molecule has 4 aromatic rings. The molecule has 0 aliphatic carbocycles. The molecule has 0 radical (unpaired) electrons. The second-order valence-electron chi connectivity index (χ2n) is 11.5. The summed E-state index contributed by atoms with van der Waals surface area (Å²) in [6.45, 7) is 8.09. The highest BCUT2D eigenvalue weighted by molar-refractivity contribution is 7.99. The topological polar surface area (TPSA) is 132 Å². The number of quaternary nitrogens is 2. The third kappa shape index (κ3) is 8.43. The van der Waals surface area contributed by atoms with Gasteiger partial charge in [-0.25, -0.2) is 28.9 Å². The Morgan fingerprint density at radius 3 is 1.42 bits per heavy atom. The average Bonchev–Trinajstić information content (AvgIpc) is 3.67. The summed E-state index contributed by atoms with van der Waals surface area (Å²) in [4.78, 5) is 47.6. The van der Waals surface area contributed by atoms with E-state index in [9.17, 15) is 9.59 Å². The lowest BCUT2D eigenvalue weighted by molar-refractivity contribution is -1.10. The Morgan fingerprint density at radius 1 is 0.667 bits per heavy atom. The van der Waals surface area contributed by atoms with Crippen LogP contribution in [-0.4, -0.2) is 128 Å². The third-order valence-electron chi connectivity index (χ3n) is 8.25. The zero-order valence-corrected chi connectivity index (χ0v) is 28.7. The number of hydroxylamine groups is 6. The van der Waals surface area contributed by atoms with Gasteiger partial charge in [0, 0.05) is 0 Å². The molecule has 2 aliphatic rings. The van der Waals surface area contributed by atoms with Gasteiger partial charge in [-0.3, -0.25) is 9.68 Å². The van der Waals surface area contributed by atoms with Gasteiger partial charge in [-0.1, -0.05) is 59.9 Å². The Balaban J connectivity index is 1.05. The molecule has 2 aliphatic heterocycles. The lowest BCUT2D eigenvalue weighted by atomic mass is 10.3. The maximum absolute atomic E-state index is 13.3. The quantitative estimate of drug-likeness (QED) is 0.123. The van der Waals surface area contributed by atoms with Crippen molar-refractivity contribution in [2.24, 2.45) is 0 Å². The summed E-state index contributed by atoms with van der Waals surface area (Å²) in [5.74, 6) is 0.671. The number of carbonyl (C=O) groups is 2. The van der Waals surface area contributed by atoms with Gasteiger partial charge in [-0.2, -0.15) is 0 Å². The first-order chi connectivity index (χ1) is 23.3. The minimum atomic E-state index is -1.01. The molecule has 2 aromatic heterocycles. The summed E-state index contributed by atoms with van der Waals surface area (Å²) in [6.07, 6.45) is 0. The van der Waals surface area contributed by atoms with Gasteiger partial charge in [0.1, 0.15) is 50.9 Å². The predicted octanol–water partition coefficient (Wildman–Crippen LogP) is 2.96. The van der Waals surface area contributed by atoms with Crippen LogP contribution in [0.4, 0.5) is 0 Å². The summed E-state index contributed by atoms with van der Waals surface area (Å²) in [7, 11) is 0. The lowest BCUT2D eigenvalue weighted by Crippen LogP contribution is -2.60. The first-order valence-corrected chi connectivity index (χ1v) is 17.9. The van der Waals surface area contributed by atoms with Gasteiger partial charge in [0.2, 0.25) is 10.3 Å². The number of carbonyl (C=O) groups excluding carboxylic acids is 2. The zero-order valence-electron chi connectivity index (χ0n) is 27.1. The van der Waals surface area contributed by atoms with Crippen LogP contribution in [-0.2, 0) is 28.7 Å². The Bertz CT molecular complexity index is 1550. The molecule has 2 fully saturated rings. The van der Waals surface area contributed by atoms with Gasteiger partial charge in [-0.15, -0.1) is 19.5 Å². The van der Waals surface area contributed by atoms with Crippen LogP contribution in [0.5, 0.6) is 0 Å². The molecule has 6 rings (SSSR count). The maximum atomic E-state index is 13.3. The van der Waals surface area contributed by atoms with Gasteiger partial charge in [-0.05, 0) is 38.1 Å². The van der Waals surface area contributed by atoms with Crippen LogP contribution in [0.15, 0.2) is 71.0 Å². The number of para-hydroxylation sites is 2. The van der Waals surface area contributed by atoms with E-state index in [1.807, 2.05) is 74.5 Å². The van der Waals surface area contributed by atoms with E-state index in [0.29, 0.717) is 87.5 Å². The molecule has 0 saturated carbocycles. The SMILES string of the molecule is Cc1nc(SCC[N+]2(OC(=O)C(=O)O[N+]3(CCSc4nc(C)n(-c5ccccc5)n4)CCOCC3)CCOCC2)nn1-c1ccccc1. The highest BCUT2D eigenvalue weighted by Crippen LogP contribution is 2.23. The standard InChI is InChI=1S/C32H40N8O6S2/c1-25-33-31(35-37(25)27-9-5-3-6-10-27)47-23-17-39(13-19-43-20-14-39)45-29(41)30(42)46-40(15-21-44-22-16-40)18-24-48-32-34-26(2)38(36-32)28-11-7-4-8-12-28/h3-12H,13-24H2,1-2H3/q+2. The van der Waals surface area contributed by atoms with E-state index in [1.54, 1.807) is 9.36 Å². The molecule has 0 atom stereocenters. The number of morpholine rings is 2. The summed E-state index contributed by atoms with van der Waals surface area (Å²) < 4.78 is 14.7. The molecule has 0 unspecified atom stereocenters. The van der Waals surface area contributed by atoms with Crippen LogP contribution < -0.4 is 0 Å². The molecule has 0 spiro atoms. The molecule has 4 heterocycles. The predicted molar refractivity (Wildman–Crippen MR) is 177 cm³/mol. The van der Waals surface area contributed by atoms with E-state index in [0.717, 1.165) is 23.0 Å². The van der Waals surface area contributed by atoms with E-state index in [2.05, 4.69) is 20.2 Å². The second-order valence-corrected chi connectivity index (χ2v) is 13.6. The molecule has 2 aromatic carbocycles. The summed E-state index contributed by atoms with van der Waals surface area (Å²) >= 11 is 2.95. The van der Waals surface area contributed by atoms with Crippen LogP contribution in [0.2, 0.25) is 0 Å². The molecule has 14 nitrogen and oxygen atoms in total. The van der Waals surface area contributed by atoms with Crippen LogP contribution in [0.1, 0.15) is 11.6 Å². The summed E-state index contributed by atoms with van der Waals surface area (Å²) in [5.41, 5.74) is 1.87. The van der Waals surface area contributed by atoms with Crippen LogP contribution in [0, 0.1) is 13.8 Å². The summed E-state index contributed by atoms with van der Waals surface area (Å²) in [5, 5.41) is 10.5. The number of hydrogen-bond acceptors (Lipinski definition) is 12. The van der Waals surface area contributed by atoms with Crippen molar-refractivity contribution in [1.29, 1.82) is 0 Å². The fourth-order valence-electron chi connectivity index (χ4n) is 5.59. The first kappa shape index (κ1) is 34.1. The zero-order chi connectivity index (χ0) is 33.4. The van der Waals surface area contributed by atoms with E-state index in [4.69, 9.17) is 19.1 Å². The molecule has 16 heteroatoms. The molecular formula is C32H40N8O6S2+2. The largest absolute Gasteiger partial charge is 0.480 e. The van der Waals surface area contributed by atoms with Crippen molar-refractivity contribution in [1.82, 2.24) is 29.5 Å². The van der Waals surface area contributed by atoms with Gasteiger partial charge in [0.15, 0.2) is 0 Å². The van der Waals surface area contributed by atoms with E-state index in [1.165, 1.54) is 23.5 Å². The molecule has 0 bridgehead atoms. The first-order valence-electron chi connectivity index (χ1n) is 15.9. The van der Waals surface area contributed by atoms with E-state index in [-0.39, 0.29) is 9.29 Å². The number of ether oxygens (including phenoxy) is 2. The average molecular weight is 697 g/mol. The Labute approximate surface area is 287 Å². The van der Waals surface area contributed by atoms with Crippen molar-refractivity contribution in [3.63, 3.8) is 0 Å². The number of rotatable bonds is 12. The maximum Gasteiger partial charge on any atom is 0.480 e. The molecule has 2 saturated heterocycles. The van der Waals surface area contributed by atoms with E-state index < -0.39 is 11.9 Å². The lowest BCUT2D eigenvalue weighted by Gasteiger charge is -2.38. The summed E-state index contributed by atoms with van der Waals surface area (Å²) in [6, 6.07) is 19.6. The van der Waals surface area contributed by atoms with E-state index >= 15 is 0 Å². The highest BCUT2D eigenvalue weighted by Gasteiger charge is 2.43. The minimum Gasteiger partial charge on any atom is -0.369 e. The number of benzene rings is 2. The van der Waals surface area contributed by atoms with Gasteiger partial charge in [0.05, 0.1) is 49.3 Å². The molecule has 0 amide bonds. The van der Waals surface area contributed by atoms with Gasteiger partial charge >= 0.3 is 11.9 Å². The Morgan fingerprint density at radius 2 is 1.04 bits per heavy atom. The fourth-order valence-corrected chi connectivity index (χ4v) is 7.47. The van der Waals surface area contributed by atoms with Crippen LogP contribution in [0.3, 0.4) is 0 Å². The van der Waals surface area contributed by atoms with Crippen molar-refractivity contribution in [3.05, 3.63) is 72.3 Å². The van der Waals surface area contributed by atoms with Crippen molar-refractivity contribution in [3.8, 4) is 11.4 Å². The van der Waals surface area contributed by atoms with Crippen molar-refractivity contribution >= 4 is 35.5 Å². The van der Waals surface area contributed by atoms with Crippen molar-refractivity contribution < 1.29 is 38.0 Å². The van der Waals surface area contributed by atoms with Gasteiger partial charge < -0.3 is 9.47 Å². The van der Waals surface area contributed by atoms with Gasteiger partial charge in [0.25, 0.3) is 0 Å². The fraction of sp³-hybridized carbons (Fsp3) is 0.438. The number of aromatic nitrogens is 6. The molecule has 0 N–H and O–H groups in total. The molecule has 254 valence electrons. The molecular weight excluding hydrogens is 657 g/mol. The van der Waals surface area contributed by atoms with Crippen molar-refractivity contribution in [2.45, 2.75) is 24.2 Å². The smallest absolute Gasteiger partial charge is 0.369 e. The Hall–Kier alpha value is -3.80.